The van der Waals surface area contributed by atoms with Gasteiger partial charge in [0, 0.05) is 5.02 Å². The first-order valence-electron chi connectivity index (χ1n) is 5.97. The third kappa shape index (κ3) is 3.48. The lowest BCUT2D eigenvalue weighted by molar-refractivity contribution is -0.115. The Morgan fingerprint density at radius 3 is 2.75 bits per heavy atom. The predicted molar refractivity (Wildman–Crippen MR) is 76.7 cm³/mol. The van der Waals surface area contributed by atoms with Gasteiger partial charge in [0.25, 0.3) is 0 Å². The first kappa shape index (κ1) is 14.3. The normalized spacial score (nSPS) is 10.2. The fourth-order valence-electron chi connectivity index (χ4n) is 1.78. The van der Waals surface area contributed by atoms with Gasteiger partial charge in [-0.15, -0.1) is 0 Å². The van der Waals surface area contributed by atoms with Gasteiger partial charge in [-0.05, 0) is 29.8 Å². The van der Waals surface area contributed by atoms with E-state index in [1.807, 2.05) is 0 Å². The van der Waals surface area contributed by atoms with Crippen LogP contribution in [0.15, 0.2) is 42.5 Å². The molecule has 20 heavy (non-hydrogen) atoms. The molecule has 0 aliphatic heterocycles. The number of anilines is 1. The molecule has 1 N–H and O–H groups in total. The summed E-state index contributed by atoms with van der Waals surface area (Å²) in [6.07, 6.45) is -0.0684. The van der Waals surface area contributed by atoms with Crippen LogP contribution in [0, 0.1) is 5.82 Å². The minimum atomic E-state index is -0.493. The number of nitrogens with one attached hydrogen (secondary N) is 1. The summed E-state index contributed by atoms with van der Waals surface area (Å²) in [5.41, 5.74) is 0.844. The van der Waals surface area contributed by atoms with Crippen LogP contribution in [0.1, 0.15) is 5.56 Å². The topological polar surface area (TPSA) is 38.3 Å². The highest BCUT2D eigenvalue weighted by Crippen LogP contribution is 2.23. The minimum absolute atomic E-state index is 0.0684. The molecule has 2 aromatic carbocycles. The Morgan fingerprint density at radius 1 is 1.30 bits per heavy atom. The lowest BCUT2D eigenvalue weighted by Crippen LogP contribution is -2.15. The third-order valence-corrected chi connectivity index (χ3v) is 2.98. The van der Waals surface area contributed by atoms with Gasteiger partial charge in [-0.3, -0.25) is 4.79 Å². The van der Waals surface area contributed by atoms with Crippen molar-refractivity contribution in [3.63, 3.8) is 0 Å². The molecule has 104 valence electrons. The van der Waals surface area contributed by atoms with Crippen LogP contribution < -0.4 is 10.1 Å². The molecule has 0 saturated carbocycles. The molecule has 0 aromatic heterocycles. The molecule has 0 unspecified atom stereocenters. The second-order valence-electron chi connectivity index (χ2n) is 4.16. The minimum Gasteiger partial charge on any atom is -0.495 e. The predicted octanol–water partition coefficient (Wildman–Crippen LogP) is 3.67. The van der Waals surface area contributed by atoms with Crippen LogP contribution in [0.3, 0.4) is 0 Å². The number of para-hydroxylation sites is 2. The monoisotopic (exact) mass is 293 g/mol. The Hall–Kier alpha value is -2.07. The Labute approximate surface area is 121 Å². The smallest absolute Gasteiger partial charge is 0.229 e. The molecule has 0 atom stereocenters. The third-order valence-electron chi connectivity index (χ3n) is 2.75. The van der Waals surface area contributed by atoms with Gasteiger partial charge in [0.05, 0.1) is 19.2 Å². The molecular formula is C15H13ClFNO2. The van der Waals surface area contributed by atoms with Crippen LogP contribution in [0.5, 0.6) is 5.75 Å². The second kappa shape index (κ2) is 6.39. The Bertz CT molecular complexity index is 631. The Kier molecular flexibility index (Phi) is 4.58. The first-order valence-corrected chi connectivity index (χ1v) is 6.34. The van der Waals surface area contributed by atoms with Crippen LogP contribution in [0.25, 0.3) is 0 Å². The van der Waals surface area contributed by atoms with E-state index >= 15 is 0 Å². The summed E-state index contributed by atoms with van der Waals surface area (Å²) in [5, 5.41) is 2.99. The van der Waals surface area contributed by atoms with Crippen LogP contribution in [0.4, 0.5) is 10.1 Å². The number of halogens is 2. The van der Waals surface area contributed by atoms with E-state index in [-0.39, 0.29) is 12.3 Å². The number of benzene rings is 2. The zero-order valence-electron chi connectivity index (χ0n) is 10.8. The summed E-state index contributed by atoms with van der Waals surface area (Å²) >= 11 is 5.67. The van der Waals surface area contributed by atoms with Crippen molar-refractivity contribution >= 4 is 23.2 Å². The van der Waals surface area contributed by atoms with Crippen molar-refractivity contribution in [1.82, 2.24) is 0 Å². The molecule has 5 heteroatoms. The van der Waals surface area contributed by atoms with Gasteiger partial charge in [-0.2, -0.15) is 0 Å². The lowest BCUT2D eigenvalue weighted by Gasteiger charge is -2.10. The average Bonchev–Trinajstić information content (AvgIpc) is 2.42. The van der Waals surface area contributed by atoms with Crippen molar-refractivity contribution in [3.05, 3.63) is 58.9 Å². The number of amides is 1. The number of ether oxygens (including phenoxy) is 1. The van der Waals surface area contributed by atoms with Crippen molar-refractivity contribution in [1.29, 1.82) is 0 Å². The Morgan fingerprint density at radius 2 is 2.05 bits per heavy atom. The average molecular weight is 294 g/mol. The van der Waals surface area contributed by atoms with Crippen LogP contribution in [-0.4, -0.2) is 13.0 Å². The van der Waals surface area contributed by atoms with Gasteiger partial charge in [0.1, 0.15) is 11.6 Å². The lowest BCUT2D eigenvalue weighted by atomic mass is 10.1. The molecular weight excluding hydrogens is 281 g/mol. The number of hydrogen-bond donors (Lipinski definition) is 1. The second-order valence-corrected chi connectivity index (χ2v) is 4.60. The highest BCUT2D eigenvalue weighted by molar-refractivity contribution is 6.30. The molecule has 0 aliphatic rings. The maximum atomic E-state index is 13.6. The summed E-state index contributed by atoms with van der Waals surface area (Å²) in [6, 6.07) is 11.3. The molecule has 1 amide bonds. The molecule has 0 bridgehead atoms. The highest BCUT2D eigenvalue weighted by atomic mass is 35.5. The summed E-state index contributed by atoms with van der Waals surface area (Å²) in [7, 11) is 1.52. The standard InChI is InChI=1S/C15H13ClFNO2/c1-20-14-5-3-2-4-13(14)18-15(19)8-10-6-7-11(16)9-12(10)17/h2-7,9H,8H2,1H3,(H,18,19). The molecule has 0 spiro atoms. The Balaban J connectivity index is 2.09. The number of carbonyl (C=O) groups excluding carboxylic acids is 1. The van der Waals surface area contributed by atoms with Gasteiger partial charge in [-0.25, -0.2) is 4.39 Å². The van der Waals surface area contributed by atoms with E-state index in [0.29, 0.717) is 22.0 Å². The van der Waals surface area contributed by atoms with Crippen molar-refractivity contribution in [2.75, 3.05) is 12.4 Å². The van der Waals surface area contributed by atoms with E-state index in [1.165, 1.54) is 19.2 Å². The maximum Gasteiger partial charge on any atom is 0.229 e. The van der Waals surface area contributed by atoms with Crippen molar-refractivity contribution in [2.24, 2.45) is 0 Å². The van der Waals surface area contributed by atoms with Gasteiger partial charge >= 0.3 is 0 Å². The number of carbonyl (C=O) groups is 1. The number of hydrogen-bond acceptors (Lipinski definition) is 2. The van der Waals surface area contributed by atoms with Gasteiger partial charge in [0.2, 0.25) is 5.91 Å². The molecule has 2 rings (SSSR count). The number of rotatable bonds is 4. The first-order chi connectivity index (χ1) is 9.60. The van der Waals surface area contributed by atoms with Gasteiger partial charge in [-0.1, -0.05) is 29.8 Å². The zero-order chi connectivity index (χ0) is 14.5. The van der Waals surface area contributed by atoms with E-state index in [2.05, 4.69) is 5.32 Å². The van der Waals surface area contributed by atoms with E-state index in [0.717, 1.165) is 0 Å². The SMILES string of the molecule is COc1ccccc1NC(=O)Cc1ccc(Cl)cc1F. The molecule has 2 aromatic rings. The fourth-order valence-corrected chi connectivity index (χ4v) is 1.94. The van der Waals surface area contributed by atoms with Crippen molar-refractivity contribution in [2.45, 2.75) is 6.42 Å². The van der Waals surface area contributed by atoms with E-state index in [1.54, 1.807) is 30.3 Å². The number of methoxy groups -OCH3 is 1. The van der Waals surface area contributed by atoms with Crippen LogP contribution in [0.2, 0.25) is 5.02 Å². The molecule has 0 radical (unpaired) electrons. The van der Waals surface area contributed by atoms with Crippen LogP contribution >= 0.6 is 11.6 Å². The van der Waals surface area contributed by atoms with E-state index < -0.39 is 5.82 Å². The van der Waals surface area contributed by atoms with Crippen molar-refractivity contribution < 1.29 is 13.9 Å². The molecule has 0 saturated heterocycles. The van der Waals surface area contributed by atoms with E-state index in [9.17, 15) is 9.18 Å². The van der Waals surface area contributed by atoms with Gasteiger partial charge < -0.3 is 10.1 Å². The van der Waals surface area contributed by atoms with E-state index in [4.69, 9.17) is 16.3 Å². The molecule has 0 fully saturated rings. The largest absolute Gasteiger partial charge is 0.495 e. The summed E-state index contributed by atoms with van der Waals surface area (Å²) in [6.45, 7) is 0. The summed E-state index contributed by atoms with van der Waals surface area (Å²) < 4.78 is 18.7. The summed E-state index contributed by atoms with van der Waals surface area (Å²) in [5.74, 6) is -0.263. The summed E-state index contributed by atoms with van der Waals surface area (Å²) in [4.78, 5) is 11.9. The fraction of sp³-hybridized carbons (Fsp3) is 0.133. The quantitative estimate of drug-likeness (QED) is 0.934. The molecule has 0 heterocycles. The van der Waals surface area contributed by atoms with Crippen LogP contribution in [-0.2, 0) is 11.2 Å². The maximum absolute atomic E-state index is 13.6. The zero-order valence-corrected chi connectivity index (χ0v) is 11.6. The molecule has 0 aliphatic carbocycles. The van der Waals surface area contributed by atoms with Gasteiger partial charge in [0.15, 0.2) is 0 Å². The van der Waals surface area contributed by atoms with Crippen molar-refractivity contribution in [3.8, 4) is 5.75 Å². The molecule has 3 nitrogen and oxygen atoms in total. The highest BCUT2D eigenvalue weighted by Gasteiger charge is 2.11.